The summed E-state index contributed by atoms with van der Waals surface area (Å²) in [5.74, 6) is 0.243. The van der Waals surface area contributed by atoms with Gasteiger partial charge in [0.2, 0.25) is 0 Å². The number of hydrogen-bond donors (Lipinski definition) is 0. The second-order valence-corrected chi connectivity index (χ2v) is 5.37. The number of non-ortho nitro benzene ring substituents is 1. The van der Waals surface area contributed by atoms with Crippen LogP contribution in [0.3, 0.4) is 0 Å². The molecule has 2 aromatic rings. The van der Waals surface area contributed by atoms with Crippen LogP contribution in [0, 0.1) is 20.2 Å². The minimum Gasteiger partial charge on any atom is -0.496 e. The fourth-order valence-electron chi connectivity index (χ4n) is 2.71. The monoisotopic (exact) mass is 344 g/mol. The van der Waals surface area contributed by atoms with Crippen LogP contribution in [0.4, 0.5) is 11.4 Å². The number of aldehydes is 1. The summed E-state index contributed by atoms with van der Waals surface area (Å²) in [4.78, 5) is 31.9. The summed E-state index contributed by atoms with van der Waals surface area (Å²) >= 11 is 0. The summed E-state index contributed by atoms with van der Waals surface area (Å²) < 4.78 is 5.30. The summed E-state index contributed by atoms with van der Waals surface area (Å²) in [5.41, 5.74) is 0.401. The summed E-state index contributed by atoms with van der Waals surface area (Å²) in [6, 6.07) is 10.7. The number of nitro groups is 2. The minimum atomic E-state index is -0.681. The highest BCUT2D eigenvalue weighted by atomic mass is 16.6. The predicted octanol–water partition coefficient (Wildman–Crippen LogP) is 3.43. The van der Waals surface area contributed by atoms with Gasteiger partial charge in [-0.25, -0.2) is 0 Å². The molecule has 0 aliphatic heterocycles. The van der Waals surface area contributed by atoms with E-state index in [1.807, 2.05) is 0 Å². The molecule has 0 N–H and O–H groups in total. The number of benzene rings is 2. The van der Waals surface area contributed by atoms with Crippen LogP contribution in [0.15, 0.2) is 42.5 Å². The molecule has 0 spiro atoms. The molecular weight excluding hydrogens is 328 g/mol. The summed E-state index contributed by atoms with van der Waals surface area (Å²) in [6.07, 6.45) is 1.08. The molecule has 8 nitrogen and oxygen atoms in total. The van der Waals surface area contributed by atoms with Crippen molar-refractivity contribution >= 4 is 17.7 Å². The predicted molar refractivity (Wildman–Crippen MR) is 89.9 cm³/mol. The third kappa shape index (κ3) is 4.17. The molecule has 8 heteroatoms. The average molecular weight is 344 g/mol. The molecule has 1 atom stereocenters. The Labute approximate surface area is 143 Å². The second-order valence-electron chi connectivity index (χ2n) is 5.37. The van der Waals surface area contributed by atoms with E-state index < -0.39 is 9.85 Å². The second kappa shape index (κ2) is 8.00. The number of hydrogen-bond acceptors (Lipinski definition) is 6. The molecule has 0 radical (unpaired) electrons. The van der Waals surface area contributed by atoms with Crippen LogP contribution in [0.25, 0.3) is 0 Å². The van der Waals surface area contributed by atoms with E-state index in [0.717, 1.165) is 17.9 Å². The van der Waals surface area contributed by atoms with Crippen LogP contribution < -0.4 is 4.74 Å². The Hall–Kier alpha value is -3.29. The van der Waals surface area contributed by atoms with Crippen LogP contribution in [-0.4, -0.2) is 23.2 Å². The SMILES string of the molecule is COc1ccccc1[C@H](CC=O)Cc1ccc([N+](=O)[O-])cc1[N+](=O)[O-]. The van der Waals surface area contributed by atoms with Crippen molar-refractivity contribution in [1.82, 2.24) is 0 Å². The molecule has 2 aromatic carbocycles. The van der Waals surface area contributed by atoms with Gasteiger partial charge >= 0.3 is 0 Å². The number of methoxy groups -OCH3 is 1. The lowest BCUT2D eigenvalue weighted by Crippen LogP contribution is -2.08. The standard InChI is InChI=1S/C17H16N2O6/c1-25-17-5-3-2-4-15(17)12(8-9-20)10-13-6-7-14(18(21)22)11-16(13)19(23)24/h2-7,9,11-12H,8,10H2,1H3/t12-/m1/s1. The van der Waals surface area contributed by atoms with Gasteiger partial charge in [-0.15, -0.1) is 0 Å². The van der Waals surface area contributed by atoms with Crippen LogP contribution in [0.2, 0.25) is 0 Å². The molecule has 0 fully saturated rings. The van der Waals surface area contributed by atoms with Gasteiger partial charge in [-0.2, -0.15) is 0 Å². The quantitative estimate of drug-likeness (QED) is 0.412. The first-order chi connectivity index (χ1) is 12.0. The molecule has 0 aliphatic carbocycles. The van der Waals surface area contributed by atoms with Gasteiger partial charge in [-0.1, -0.05) is 18.2 Å². The van der Waals surface area contributed by atoms with E-state index in [0.29, 0.717) is 11.3 Å². The molecule has 25 heavy (non-hydrogen) atoms. The normalized spacial score (nSPS) is 11.6. The number of rotatable bonds is 8. The van der Waals surface area contributed by atoms with Gasteiger partial charge in [0.25, 0.3) is 11.4 Å². The molecule has 0 bridgehead atoms. The number of nitrogens with zero attached hydrogens (tertiary/aromatic N) is 2. The number of ether oxygens (including phenoxy) is 1. The van der Waals surface area contributed by atoms with Crippen molar-refractivity contribution in [2.45, 2.75) is 18.8 Å². The van der Waals surface area contributed by atoms with Crippen LogP contribution in [0.5, 0.6) is 5.75 Å². The maximum atomic E-state index is 11.3. The van der Waals surface area contributed by atoms with Gasteiger partial charge in [0.1, 0.15) is 12.0 Å². The molecular formula is C17H16N2O6. The first-order valence-corrected chi connectivity index (χ1v) is 7.46. The van der Waals surface area contributed by atoms with Gasteiger partial charge in [0.15, 0.2) is 0 Å². The van der Waals surface area contributed by atoms with Crippen molar-refractivity contribution in [3.05, 3.63) is 73.8 Å². The van der Waals surface area contributed by atoms with E-state index >= 15 is 0 Å². The lowest BCUT2D eigenvalue weighted by Gasteiger charge is -2.18. The van der Waals surface area contributed by atoms with Crippen LogP contribution in [0.1, 0.15) is 23.5 Å². The Morgan fingerprint density at radius 1 is 1.12 bits per heavy atom. The number of carbonyl (C=O) groups is 1. The van der Waals surface area contributed by atoms with Gasteiger partial charge in [0.05, 0.1) is 23.0 Å². The fourth-order valence-corrected chi connectivity index (χ4v) is 2.71. The molecule has 0 unspecified atom stereocenters. The van der Waals surface area contributed by atoms with E-state index in [1.165, 1.54) is 19.2 Å². The Balaban J connectivity index is 2.44. The molecule has 0 heterocycles. The molecule has 0 amide bonds. The van der Waals surface area contributed by atoms with E-state index in [4.69, 9.17) is 4.74 Å². The highest BCUT2D eigenvalue weighted by Crippen LogP contribution is 2.34. The zero-order valence-electron chi connectivity index (χ0n) is 13.5. The van der Waals surface area contributed by atoms with Crippen molar-refractivity contribution in [2.75, 3.05) is 7.11 Å². The molecule has 0 saturated heterocycles. The smallest absolute Gasteiger partial charge is 0.279 e. The molecule has 2 rings (SSSR count). The Morgan fingerprint density at radius 3 is 2.44 bits per heavy atom. The van der Waals surface area contributed by atoms with Gasteiger partial charge in [0, 0.05) is 18.1 Å². The summed E-state index contributed by atoms with van der Waals surface area (Å²) in [6.45, 7) is 0. The molecule has 130 valence electrons. The van der Waals surface area contributed by atoms with E-state index in [2.05, 4.69) is 0 Å². The average Bonchev–Trinajstić information content (AvgIpc) is 2.61. The van der Waals surface area contributed by atoms with E-state index in [1.54, 1.807) is 24.3 Å². The van der Waals surface area contributed by atoms with Crippen molar-refractivity contribution in [1.29, 1.82) is 0 Å². The highest BCUT2D eigenvalue weighted by Gasteiger charge is 2.24. The minimum absolute atomic E-state index is 0.147. The van der Waals surface area contributed by atoms with Gasteiger partial charge in [-0.3, -0.25) is 20.2 Å². The third-order valence-corrected chi connectivity index (χ3v) is 3.90. The number of nitro benzene ring substituents is 2. The topological polar surface area (TPSA) is 113 Å². The van der Waals surface area contributed by atoms with Crippen molar-refractivity contribution in [2.24, 2.45) is 0 Å². The highest BCUT2D eigenvalue weighted by molar-refractivity contribution is 5.55. The first-order valence-electron chi connectivity index (χ1n) is 7.46. The molecule has 0 aromatic heterocycles. The zero-order valence-corrected chi connectivity index (χ0v) is 13.5. The maximum Gasteiger partial charge on any atom is 0.279 e. The first kappa shape index (κ1) is 18.1. The number of carbonyl (C=O) groups excluding carboxylic acids is 1. The Bertz CT molecular complexity index is 805. The van der Waals surface area contributed by atoms with Crippen molar-refractivity contribution < 1.29 is 19.4 Å². The van der Waals surface area contributed by atoms with E-state index in [-0.39, 0.29) is 30.1 Å². The Morgan fingerprint density at radius 2 is 1.84 bits per heavy atom. The van der Waals surface area contributed by atoms with Gasteiger partial charge in [-0.05, 0) is 30.0 Å². The molecule has 0 aliphatic rings. The third-order valence-electron chi connectivity index (χ3n) is 3.90. The zero-order chi connectivity index (χ0) is 18.4. The maximum absolute atomic E-state index is 11.3. The summed E-state index contributed by atoms with van der Waals surface area (Å²) in [5, 5.41) is 22.1. The van der Waals surface area contributed by atoms with Gasteiger partial charge < -0.3 is 9.53 Å². The van der Waals surface area contributed by atoms with E-state index in [9.17, 15) is 25.0 Å². The lowest BCUT2D eigenvalue weighted by atomic mass is 9.88. The fraction of sp³-hybridized carbons (Fsp3) is 0.235. The van der Waals surface area contributed by atoms with Crippen molar-refractivity contribution in [3.63, 3.8) is 0 Å². The van der Waals surface area contributed by atoms with Crippen LogP contribution in [-0.2, 0) is 11.2 Å². The Kier molecular flexibility index (Phi) is 5.78. The lowest BCUT2D eigenvalue weighted by molar-refractivity contribution is -0.394. The van der Waals surface area contributed by atoms with Crippen molar-refractivity contribution in [3.8, 4) is 5.75 Å². The largest absolute Gasteiger partial charge is 0.496 e. The summed E-state index contributed by atoms with van der Waals surface area (Å²) in [7, 11) is 1.51. The number of para-hydroxylation sites is 1. The van der Waals surface area contributed by atoms with Crippen LogP contribution >= 0.6 is 0 Å². The molecule has 0 saturated carbocycles.